The van der Waals surface area contributed by atoms with E-state index >= 15 is 0 Å². The van der Waals surface area contributed by atoms with Crippen molar-refractivity contribution in [3.8, 4) is 6.07 Å². The lowest BCUT2D eigenvalue weighted by molar-refractivity contribution is 0.632. The lowest BCUT2D eigenvalue weighted by Gasteiger charge is -2.36. The predicted molar refractivity (Wildman–Crippen MR) is 87.6 cm³/mol. The fraction of sp³-hybridized carbons (Fsp3) is 0.312. The minimum absolute atomic E-state index is 0.340. The second-order valence-corrected chi connectivity index (χ2v) is 6.58. The van der Waals surface area contributed by atoms with Crippen LogP contribution in [0, 0.1) is 11.3 Å². The molecule has 0 amide bonds. The molecule has 102 valence electrons. The van der Waals surface area contributed by atoms with E-state index in [4.69, 9.17) is 0 Å². The highest BCUT2D eigenvalue weighted by atomic mass is 79.9. The van der Waals surface area contributed by atoms with Crippen LogP contribution in [0.5, 0.6) is 0 Å². The zero-order valence-corrected chi connectivity index (χ0v) is 13.7. The molecule has 4 heteroatoms. The molecule has 1 aliphatic heterocycles. The number of hydrogen-bond acceptors (Lipinski definition) is 3. The van der Waals surface area contributed by atoms with E-state index in [0.29, 0.717) is 6.04 Å². The predicted octanol–water partition coefficient (Wildman–Crippen LogP) is 4.64. The van der Waals surface area contributed by atoms with E-state index in [1.54, 1.807) is 0 Å². The van der Waals surface area contributed by atoms with Gasteiger partial charge >= 0.3 is 0 Å². The van der Waals surface area contributed by atoms with E-state index in [9.17, 15) is 5.26 Å². The van der Waals surface area contributed by atoms with Crippen molar-refractivity contribution >= 4 is 33.0 Å². The van der Waals surface area contributed by atoms with E-state index < -0.39 is 0 Å². The van der Waals surface area contributed by atoms with Crippen molar-refractivity contribution in [2.75, 3.05) is 11.4 Å². The fourth-order valence-corrected chi connectivity index (χ4v) is 4.16. The summed E-state index contributed by atoms with van der Waals surface area (Å²) >= 11 is 5.29. The molecule has 0 spiro atoms. The largest absolute Gasteiger partial charge is 0.363 e. The molecular formula is C16H15BrN2S. The number of anilines is 1. The topological polar surface area (TPSA) is 27.0 Å². The Labute approximate surface area is 131 Å². The van der Waals surface area contributed by atoms with Crippen molar-refractivity contribution in [2.24, 2.45) is 0 Å². The maximum Gasteiger partial charge on any atom is 0.101 e. The minimum Gasteiger partial charge on any atom is -0.363 e. The molecule has 2 nitrogen and oxygen atoms in total. The van der Waals surface area contributed by atoms with Gasteiger partial charge < -0.3 is 4.90 Å². The van der Waals surface area contributed by atoms with Gasteiger partial charge in [0.1, 0.15) is 6.07 Å². The number of nitrogens with zero attached hydrogens (tertiary/aromatic N) is 2. The maximum absolute atomic E-state index is 9.42. The first-order valence-corrected chi connectivity index (χ1v) is 8.66. The first-order chi connectivity index (χ1) is 9.74. The Kier molecular flexibility index (Phi) is 3.82. The van der Waals surface area contributed by atoms with E-state index in [2.05, 4.69) is 57.4 Å². The van der Waals surface area contributed by atoms with Gasteiger partial charge in [0, 0.05) is 16.8 Å². The zero-order chi connectivity index (χ0) is 14.1. The van der Waals surface area contributed by atoms with Crippen LogP contribution in [0.1, 0.15) is 34.5 Å². The summed E-state index contributed by atoms with van der Waals surface area (Å²) in [6.07, 6.45) is 1.07. The van der Waals surface area contributed by atoms with Crippen molar-refractivity contribution in [3.63, 3.8) is 0 Å². The van der Waals surface area contributed by atoms with Crippen LogP contribution in [-0.2, 0) is 11.8 Å². The highest BCUT2D eigenvalue weighted by Gasteiger charge is 2.26. The summed E-state index contributed by atoms with van der Waals surface area (Å²) in [7, 11) is 0. The van der Waals surface area contributed by atoms with Gasteiger partial charge in [-0.2, -0.15) is 5.26 Å². The smallest absolute Gasteiger partial charge is 0.101 e. The van der Waals surface area contributed by atoms with E-state index in [0.717, 1.165) is 35.1 Å². The van der Waals surface area contributed by atoms with Crippen LogP contribution in [0.4, 0.5) is 5.69 Å². The van der Waals surface area contributed by atoms with Gasteiger partial charge in [-0.3, -0.25) is 0 Å². The van der Waals surface area contributed by atoms with Gasteiger partial charge in [0.15, 0.2) is 0 Å². The summed E-state index contributed by atoms with van der Waals surface area (Å²) in [5.41, 5.74) is 4.38. The molecule has 0 saturated carbocycles. The molecule has 0 N–H and O–H groups in total. The normalized spacial score (nSPS) is 17.6. The average Bonchev–Trinajstić information content (AvgIpc) is 2.96. The van der Waals surface area contributed by atoms with Crippen LogP contribution in [0.25, 0.3) is 0 Å². The molecule has 0 saturated heterocycles. The van der Waals surface area contributed by atoms with Crippen molar-refractivity contribution in [3.05, 3.63) is 51.2 Å². The number of alkyl halides is 1. The third-order valence-electron chi connectivity index (χ3n) is 3.92. The molecule has 2 heterocycles. The van der Waals surface area contributed by atoms with Crippen molar-refractivity contribution in [2.45, 2.75) is 24.7 Å². The van der Waals surface area contributed by atoms with Gasteiger partial charge in [-0.25, -0.2) is 0 Å². The van der Waals surface area contributed by atoms with Crippen LogP contribution >= 0.6 is 27.3 Å². The summed E-state index contributed by atoms with van der Waals surface area (Å²) in [6, 6.07) is 11.1. The monoisotopic (exact) mass is 346 g/mol. The van der Waals surface area contributed by atoms with Crippen LogP contribution in [0.3, 0.4) is 0 Å². The Morgan fingerprint density at radius 1 is 1.45 bits per heavy atom. The van der Waals surface area contributed by atoms with Crippen molar-refractivity contribution < 1.29 is 0 Å². The van der Waals surface area contributed by atoms with Crippen molar-refractivity contribution in [1.82, 2.24) is 0 Å². The number of benzene rings is 1. The van der Waals surface area contributed by atoms with E-state index in [1.807, 2.05) is 17.4 Å². The highest BCUT2D eigenvalue weighted by molar-refractivity contribution is 9.08. The quantitative estimate of drug-likeness (QED) is 0.740. The molecule has 0 radical (unpaired) electrons. The fourth-order valence-electron chi connectivity index (χ4n) is 2.84. The Morgan fingerprint density at radius 2 is 2.30 bits per heavy atom. The standard InChI is InChI=1S/C16H15BrN2S/c1-11-14-5-7-20-16(14)4-6-19(11)15-3-2-12(9-17)8-13(15)10-18/h2-3,5,7-8,11H,4,6,9H2,1H3. The molecule has 1 aliphatic rings. The summed E-state index contributed by atoms with van der Waals surface area (Å²) in [5.74, 6) is 0. The number of rotatable bonds is 2. The zero-order valence-electron chi connectivity index (χ0n) is 11.3. The van der Waals surface area contributed by atoms with Crippen LogP contribution < -0.4 is 4.90 Å². The van der Waals surface area contributed by atoms with Crippen LogP contribution in [-0.4, -0.2) is 6.54 Å². The first-order valence-electron chi connectivity index (χ1n) is 6.66. The number of nitriles is 1. The van der Waals surface area contributed by atoms with Gasteiger partial charge in [-0.15, -0.1) is 11.3 Å². The molecule has 0 aliphatic carbocycles. The second kappa shape index (κ2) is 5.59. The third kappa shape index (κ3) is 2.25. The number of thiophene rings is 1. The molecule has 1 unspecified atom stereocenters. The van der Waals surface area contributed by atoms with Gasteiger partial charge in [-0.05, 0) is 48.1 Å². The molecule has 1 aromatic carbocycles. The SMILES string of the molecule is CC1c2ccsc2CCN1c1ccc(CBr)cc1C#N. The second-order valence-electron chi connectivity index (χ2n) is 5.02. The van der Waals surface area contributed by atoms with Gasteiger partial charge in [0.05, 0.1) is 17.3 Å². The van der Waals surface area contributed by atoms with Crippen LogP contribution in [0.15, 0.2) is 29.6 Å². The Hall–Kier alpha value is -1.31. The first kappa shape index (κ1) is 13.7. The highest BCUT2D eigenvalue weighted by Crippen LogP contribution is 2.37. The van der Waals surface area contributed by atoms with E-state index in [-0.39, 0.29) is 0 Å². The number of halogens is 1. The molecule has 0 fully saturated rings. The molecule has 2 aromatic rings. The van der Waals surface area contributed by atoms with Crippen LogP contribution in [0.2, 0.25) is 0 Å². The van der Waals surface area contributed by atoms with Gasteiger partial charge in [-0.1, -0.05) is 22.0 Å². The molecule has 3 rings (SSSR count). The molecule has 1 atom stereocenters. The van der Waals surface area contributed by atoms with E-state index in [1.165, 1.54) is 10.4 Å². The Bertz CT molecular complexity index is 671. The molecule has 1 aromatic heterocycles. The van der Waals surface area contributed by atoms with Crippen molar-refractivity contribution in [1.29, 1.82) is 5.26 Å². The average molecular weight is 347 g/mol. The molecular weight excluding hydrogens is 332 g/mol. The lowest BCUT2D eigenvalue weighted by Crippen LogP contribution is -2.33. The summed E-state index contributed by atoms with van der Waals surface area (Å²) in [4.78, 5) is 3.84. The molecule has 20 heavy (non-hydrogen) atoms. The Morgan fingerprint density at radius 3 is 3.05 bits per heavy atom. The third-order valence-corrected chi connectivity index (χ3v) is 5.57. The summed E-state index contributed by atoms with van der Waals surface area (Å²) in [5, 5.41) is 12.4. The summed E-state index contributed by atoms with van der Waals surface area (Å²) < 4.78 is 0. The van der Waals surface area contributed by atoms with Gasteiger partial charge in [0.25, 0.3) is 0 Å². The summed E-state index contributed by atoms with van der Waals surface area (Å²) in [6.45, 7) is 3.21. The number of fused-ring (bicyclic) bond motifs is 1. The lowest BCUT2D eigenvalue weighted by atomic mass is 9.99. The maximum atomic E-state index is 9.42. The Balaban J connectivity index is 2.00. The minimum atomic E-state index is 0.340. The number of hydrogen-bond donors (Lipinski definition) is 0. The molecule has 0 bridgehead atoms. The van der Waals surface area contributed by atoms with Gasteiger partial charge in [0.2, 0.25) is 0 Å².